The van der Waals surface area contributed by atoms with Crippen molar-refractivity contribution in [1.82, 2.24) is 9.29 Å². The summed E-state index contributed by atoms with van der Waals surface area (Å²) in [6, 6.07) is 4.01. The third-order valence-corrected chi connectivity index (χ3v) is 7.15. The van der Waals surface area contributed by atoms with Crippen molar-refractivity contribution < 1.29 is 34.9 Å². The smallest absolute Gasteiger partial charge is 0.347 e. The molecule has 0 spiro atoms. The number of rotatable bonds is 5. The van der Waals surface area contributed by atoms with Gasteiger partial charge < -0.3 is 4.57 Å². The second-order valence-electron chi connectivity index (χ2n) is 11.1. The number of benzene rings is 2. The van der Waals surface area contributed by atoms with Crippen LogP contribution in [0.25, 0.3) is 22.0 Å². The van der Waals surface area contributed by atoms with Gasteiger partial charge in [0.1, 0.15) is 11.9 Å². The monoisotopic (exact) mass is 550 g/mol. The zero-order valence-electron chi connectivity index (χ0n) is 21.2. The summed E-state index contributed by atoms with van der Waals surface area (Å²) in [4.78, 5) is 0. The van der Waals surface area contributed by atoms with Crippen LogP contribution in [0.5, 0.6) is 0 Å². The molecular weight excluding hydrogens is 521 g/mol. The first-order valence-electron chi connectivity index (χ1n) is 11.4. The molecule has 0 saturated heterocycles. The van der Waals surface area contributed by atoms with Crippen molar-refractivity contribution in [2.75, 3.05) is 0 Å². The molecule has 0 aliphatic heterocycles. The third kappa shape index (κ3) is 6.54. The number of fused-ring (bicyclic) bond motifs is 1. The van der Waals surface area contributed by atoms with E-state index < -0.39 is 56.5 Å². The Balaban J connectivity index is 2.30. The third-order valence-electron chi connectivity index (χ3n) is 5.58. The van der Waals surface area contributed by atoms with E-state index in [-0.39, 0.29) is 28.6 Å². The van der Waals surface area contributed by atoms with Crippen LogP contribution < -0.4 is 4.72 Å². The molecule has 0 fully saturated rings. The van der Waals surface area contributed by atoms with E-state index in [9.17, 15) is 34.9 Å². The van der Waals surface area contributed by atoms with Gasteiger partial charge in [0.15, 0.2) is 0 Å². The highest BCUT2D eigenvalue weighted by Crippen LogP contribution is 2.42. The Labute approximate surface area is 213 Å². The molecule has 2 atom stereocenters. The van der Waals surface area contributed by atoms with E-state index in [1.54, 1.807) is 0 Å². The molecule has 2 aromatic carbocycles. The van der Waals surface area contributed by atoms with Crippen LogP contribution in [0.3, 0.4) is 0 Å². The molecule has 1 N–H and O–H groups in total. The van der Waals surface area contributed by atoms with Gasteiger partial charge in [0.25, 0.3) is 0 Å². The van der Waals surface area contributed by atoms with Crippen LogP contribution >= 0.6 is 0 Å². The Morgan fingerprint density at radius 2 is 1.57 bits per heavy atom. The first-order chi connectivity index (χ1) is 16.7. The minimum atomic E-state index is -4.84. The Morgan fingerprint density at radius 3 is 2.08 bits per heavy atom. The van der Waals surface area contributed by atoms with Crippen molar-refractivity contribution in [3.05, 3.63) is 59.5 Å². The molecule has 0 bridgehead atoms. The lowest BCUT2D eigenvalue weighted by molar-refractivity contribution is -0.152. The first-order valence-corrected chi connectivity index (χ1v) is 12.6. The van der Waals surface area contributed by atoms with E-state index in [0.717, 1.165) is 18.2 Å². The molecule has 3 nitrogen and oxygen atoms in total. The van der Waals surface area contributed by atoms with E-state index in [0.29, 0.717) is 0 Å². The summed E-state index contributed by atoms with van der Waals surface area (Å²) in [5, 5.41) is 0.110. The van der Waals surface area contributed by atoms with Gasteiger partial charge in [-0.25, -0.2) is 13.3 Å². The second kappa shape index (κ2) is 9.72. The molecule has 0 amide bonds. The topological polar surface area (TPSA) is 34.0 Å². The van der Waals surface area contributed by atoms with Crippen LogP contribution in [0.15, 0.2) is 42.6 Å². The van der Waals surface area contributed by atoms with Crippen LogP contribution in [-0.2, 0) is 23.7 Å². The lowest BCUT2D eigenvalue weighted by atomic mass is 9.96. The van der Waals surface area contributed by atoms with E-state index in [1.165, 1.54) is 49.7 Å². The van der Waals surface area contributed by atoms with Gasteiger partial charge in [-0.3, -0.25) is 0 Å². The van der Waals surface area contributed by atoms with Crippen LogP contribution in [0.2, 0.25) is 0 Å². The molecule has 0 saturated carbocycles. The maximum absolute atomic E-state index is 14.7. The van der Waals surface area contributed by atoms with E-state index in [4.69, 9.17) is 0 Å². The minimum Gasteiger partial charge on any atom is -0.347 e. The highest BCUT2D eigenvalue weighted by molar-refractivity contribution is 7.84. The number of nitrogens with zero attached hydrogens (tertiary/aromatic N) is 1. The lowest BCUT2D eigenvalue weighted by Crippen LogP contribution is -2.41. The fourth-order valence-electron chi connectivity index (χ4n) is 3.99. The van der Waals surface area contributed by atoms with Crippen LogP contribution in [0, 0.1) is 11.2 Å². The average molecular weight is 551 g/mol. The Hall–Kier alpha value is -2.40. The van der Waals surface area contributed by atoms with E-state index >= 15 is 0 Å². The number of hydrogen-bond donors (Lipinski definition) is 1. The standard InChI is InChI=1S/C26H29F7N2OS/c1-23(2,3)14-35-13-17(22(26(31,32)33)34-37(36)24(4,5)6)16-11-10-15(12-20(16)35)21-18(25(28,29)30)8-7-9-19(21)27/h7-13,22,34H,14H2,1-6H3/t22-,37-/m0/s1. The molecule has 1 aromatic heterocycles. The van der Waals surface area contributed by atoms with Gasteiger partial charge in [-0.1, -0.05) is 39.0 Å². The van der Waals surface area contributed by atoms with Crippen molar-refractivity contribution in [3.8, 4) is 11.1 Å². The molecule has 1 heterocycles. The predicted octanol–water partition coefficient (Wildman–Crippen LogP) is 8.17. The highest BCUT2D eigenvalue weighted by atomic mass is 32.2. The number of nitrogens with one attached hydrogen (secondary N) is 1. The molecular formula is C26H29F7N2OS. The van der Waals surface area contributed by atoms with Crippen molar-refractivity contribution >= 4 is 21.9 Å². The fourth-order valence-corrected chi connectivity index (χ4v) is 4.82. The average Bonchev–Trinajstić information content (AvgIpc) is 3.04. The molecule has 11 heteroatoms. The highest BCUT2D eigenvalue weighted by Gasteiger charge is 2.44. The van der Waals surface area contributed by atoms with Crippen LogP contribution in [0.1, 0.15) is 58.7 Å². The maximum atomic E-state index is 14.7. The van der Waals surface area contributed by atoms with Gasteiger partial charge in [0.05, 0.1) is 21.3 Å². The minimum absolute atomic E-state index is 0.110. The van der Waals surface area contributed by atoms with Gasteiger partial charge >= 0.3 is 12.4 Å². The number of aromatic nitrogens is 1. The SMILES string of the molecule is CC(C)(C)Cn1cc([C@H](N[S@@](=O)C(C)(C)C)C(F)(F)F)c2ccc(-c3c(F)cccc3C(F)(F)F)cc21. The predicted molar refractivity (Wildman–Crippen MR) is 132 cm³/mol. The number of hydrogen-bond acceptors (Lipinski definition) is 1. The summed E-state index contributed by atoms with van der Waals surface area (Å²) in [7, 11) is -2.07. The molecule has 3 rings (SSSR count). The largest absolute Gasteiger partial charge is 0.417 e. The second-order valence-corrected chi connectivity index (χ2v) is 13.1. The van der Waals surface area contributed by atoms with Gasteiger partial charge in [0.2, 0.25) is 0 Å². The van der Waals surface area contributed by atoms with Crippen LogP contribution in [-0.4, -0.2) is 19.7 Å². The van der Waals surface area contributed by atoms with Crippen molar-refractivity contribution in [2.24, 2.45) is 5.41 Å². The lowest BCUT2D eigenvalue weighted by Gasteiger charge is -2.26. The summed E-state index contributed by atoms with van der Waals surface area (Å²) < 4.78 is 114. The zero-order valence-corrected chi connectivity index (χ0v) is 22.1. The van der Waals surface area contributed by atoms with Gasteiger partial charge in [-0.05, 0) is 49.9 Å². The fraction of sp³-hybridized carbons (Fsp3) is 0.462. The molecule has 204 valence electrons. The van der Waals surface area contributed by atoms with Crippen molar-refractivity contribution in [3.63, 3.8) is 0 Å². The summed E-state index contributed by atoms with van der Waals surface area (Å²) in [6.45, 7) is 10.4. The molecule has 3 aromatic rings. The summed E-state index contributed by atoms with van der Waals surface area (Å²) in [6.07, 6.45) is -8.39. The molecule has 0 unspecified atom stereocenters. The maximum Gasteiger partial charge on any atom is 0.417 e. The molecule has 0 aliphatic carbocycles. The zero-order chi connectivity index (χ0) is 28.1. The Bertz CT molecular complexity index is 1310. The Morgan fingerprint density at radius 1 is 0.946 bits per heavy atom. The summed E-state index contributed by atoms with van der Waals surface area (Å²) in [5.41, 5.74) is -2.41. The van der Waals surface area contributed by atoms with E-state index in [2.05, 4.69) is 4.72 Å². The molecule has 37 heavy (non-hydrogen) atoms. The molecule has 0 aliphatic rings. The van der Waals surface area contributed by atoms with Crippen LogP contribution in [0.4, 0.5) is 30.7 Å². The Kier molecular flexibility index (Phi) is 7.66. The van der Waals surface area contributed by atoms with Gasteiger partial charge in [0, 0.05) is 34.8 Å². The molecule has 0 radical (unpaired) electrons. The van der Waals surface area contributed by atoms with Crippen molar-refractivity contribution in [2.45, 2.75) is 71.2 Å². The number of alkyl halides is 6. The summed E-state index contributed by atoms with van der Waals surface area (Å²) in [5.74, 6) is -1.10. The van der Waals surface area contributed by atoms with Crippen molar-refractivity contribution in [1.29, 1.82) is 0 Å². The van der Waals surface area contributed by atoms with Gasteiger partial charge in [-0.15, -0.1) is 0 Å². The first kappa shape index (κ1) is 29.2. The quantitative estimate of drug-likeness (QED) is 0.320. The summed E-state index contributed by atoms with van der Waals surface area (Å²) >= 11 is 0. The van der Waals surface area contributed by atoms with E-state index in [1.807, 2.05) is 20.8 Å². The normalized spacial score (nSPS) is 15.3. The van der Waals surface area contributed by atoms with Gasteiger partial charge in [-0.2, -0.15) is 26.3 Å². The number of halogens is 7.